The van der Waals surface area contributed by atoms with Crippen molar-refractivity contribution in [2.24, 2.45) is 11.8 Å². The summed E-state index contributed by atoms with van der Waals surface area (Å²) in [5, 5.41) is 9.35. The summed E-state index contributed by atoms with van der Waals surface area (Å²) in [7, 11) is -3.42. The van der Waals surface area contributed by atoms with Crippen LogP contribution in [0, 0.1) is 37.0 Å². The molecule has 0 unspecified atom stereocenters. The zero-order chi connectivity index (χ0) is 22.3. The van der Waals surface area contributed by atoms with Gasteiger partial charge in [-0.1, -0.05) is 0 Å². The highest BCUT2D eigenvalue weighted by Gasteiger charge is 2.78. The lowest BCUT2D eigenvalue weighted by molar-refractivity contribution is -0.143. The fourth-order valence-corrected chi connectivity index (χ4v) is 7.21. The van der Waals surface area contributed by atoms with E-state index in [4.69, 9.17) is 9.47 Å². The van der Waals surface area contributed by atoms with Gasteiger partial charge in [-0.25, -0.2) is 13.1 Å². The summed E-state index contributed by atoms with van der Waals surface area (Å²) in [6.45, 7) is 7.71. The molecule has 0 aromatic heterocycles. The third kappa shape index (κ3) is 2.62. The van der Waals surface area contributed by atoms with Crippen molar-refractivity contribution in [2.45, 2.75) is 64.0 Å². The Balaban J connectivity index is 1.59. The van der Waals surface area contributed by atoms with Gasteiger partial charge in [-0.3, -0.25) is 9.69 Å². The highest BCUT2D eigenvalue weighted by Crippen LogP contribution is 2.65. The third-order valence-corrected chi connectivity index (χ3v) is 9.29. The summed E-state index contributed by atoms with van der Waals surface area (Å²) in [6, 6.07) is 5.36. The molecule has 1 aromatic carbocycles. The van der Waals surface area contributed by atoms with E-state index in [-0.39, 0.29) is 23.6 Å². The maximum atomic E-state index is 13.8. The molecule has 166 valence electrons. The number of hydrogen-bond donors (Lipinski definition) is 1. The second kappa shape index (κ2) is 6.51. The van der Waals surface area contributed by atoms with Crippen LogP contribution in [0.15, 0.2) is 12.1 Å². The molecule has 8 nitrogen and oxygen atoms in total. The monoisotopic (exact) mass is 445 g/mol. The molecule has 31 heavy (non-hydrogen) atoms. The standard InChI is InChI=1S/C22H27N3O5S/c1-5-31(27,28)24-16-10-21(4)17-18-20(29-9-8-22(16,18)30-21)25(19(17)26)15-7-6-14(11-23)12(2)13(15)3/h6-7,16-18,20,24H,5,8-10H2,1-4H3/t16-,17+,18-,20-,21+,22-/m0/s1. The van der Waals surface area contributed by atoms with Gasteiger partial charge in [-0.15, -0.1) is 0 Å². The van der Waals surface area contributed by atoms with Gasteiger partial charge in [0.15, 0.2) is 0 Å². The number of hydrogen-bond acceptors (Lipinski definition) is 6. The molecule has 9 heteroatoms. The number of carbonyl (C=O) groups is 1. The number of amides is 1. The molecule has 1 amide bonds. The van der Waals surface area contributed by atoms with Gasteiger partial charge < -0.3 is 9.47 Å². The number of ether oxygens (including phenoxy) is 2. The zero-order valence-corrected chi connectivity index (χ0v) is 19.0. The number of nitrogens with zero attached hydrogens (tertiary/aromatic N) is 2. The molecule has 6 atom stereocenters. The van der Waals surface area contributed by atoms with Crippen molar-refractivity contribution in [3.05, 3.63) is 28.8 Å². The number of sulfonamides is 1. The van der Waals surface area contributed by atoms with E-state index in [0.717, 1.165) is 16.8 Å². The Morgan fingerprint density at radius 1 is 1.32 bits per heavy atom. The second-order valence-electron chi connectivity index (χ2n) is 9.36. The Kier molecular flexibility index (Phi) is 4.39. The minimum atomic E-state index is -3.42. The van der Waals surface area contributed by atoms with Gasteiger partial charge in [-0.2, -0.15) is 5.26 Å². The Labute approximate surface area is 182 Å². The van der Waals surface area contributed by atoms with E-state index in [9.17, 15) is 18.5 Å². The fourth-order valence-electron chi connectivity index (χ4n) is 6.33. The molecule has 4 aliphatic rings. The van der Waals surface area contributed by atoms with E-state index < -0.39 is 33.4 Å². The van der Waals surface area contributed by atoms with Crippen molar-refractivity contribution in [1.82, 2.24) is 4.72 Å². The number of fused-ring (bicyclic) bond motifs is 2. The summed E-state index contributed by atoms with van der Waals surface area (Å²) in [5.74, 6) is -0.702. The van der Waals surface area contributed by atoms with E-state index in [1.807, 2.05) is 26.8 Å². The minimum absolute atomic E-state index is 0.000906. The number of carbonyl (C=O) groups excluding carboxylic acids is 1. The molecule has 0 aliphatic carbocycles. The lowest BCUT2D eigenvalue weighted by atomic mass is 9.64. The first-order valence-electron chi connectivity index (χ1n) is 10.7. The fraction of sp³-hybridized carbons (Fsp3) is 0.636. The van der Waals surface area contributed by atoms with Crippen LogP contribution in [0.25, 0.3) is 0 Å². The van der Waals surface area contributed by atoms with Crippen LogP contribution in [-0.4, -0.2) is 50.2 Å². The van der Waals surface area contributed by atoms with Gasteiger partial charge in [0.2, 0.25) is 15.9 Å². The van der Waals surface area contributed by atoms with Gasteiger partial charge in [-0.05, 0) is 57.4 Å². The Hall–Kier alpha value is -1.99. The summed E-state index contributed by atoms with van der Waals surface area (Å²) >= 11 is 0. The molecule has 1 spiro atoms. The average molecular weight is 446 g/mol. The van der Waals surface area contributed by atoms with Crippen molar-refractivity contribution in [1.29, 1.82) is 5.26 Å². The normalized spacial score (nSPS) is 38.4. The zero-order valence-electron chi connectivity index (χ0n) is 18.1. The first-order chi connectivity index (χ1) is 14.6. The van der Waals surface area contributed by atoms with E-state index in [1.165, 1.54) is 0 Å². The molecule has 0 radical (unpaired) electrons. The van der Waals surface area contributed by atoms with Crippen LogP contribution in [0.5, 0.6) is 0 Å². The Morgan fingerprint density at radius 2 is 2.06 bits per heavy atom. The van der Waals surface area contributed by atoms with E-state index >= 15 is 0 Å². The van der Waals surface area contributed by atoms with Crippen LogP contribution in [0.4, 0.5) is 5.69 Å². The molecule has 2 bridgehead atoms. The van der Waals surface area contributed by atoms with Crippen LogP contribution >= 0.6 is 0 Å². The lowest BCUT2D eigenvalue weighted by Gasteiger charge is -2.45. The van der Waals surface area contributed by atoms with Gasteiger partial charge in [0, 0.05) is 18.0 Å². The van der Waals surface area contributed by atoms with Crippen molar-refractivity contribution >= 4 is 21.6 Å². The SMILES string of the molecule is CCS(=O)(=O)N[C@H]1C[C@@]2(C)O[C@@]13CCO[C@H]1[C@@H]3[C@@H]2C(=O)N1c1ccc(C#N)c(C)c1C. The molecule has 4 heterocycles. The predicted molar refractivity (Wildman–Crippen MR) is 113 cm³/mol. The smallest absolute Gasteiger partial charge is 0.235 e. The van der Waals surface area contributed by atoms with Crippen molar-refractivity contribution in [3.8, 4) is 6.07 Å². The minimum Gasteiger partial charge on any atom is -0.366 e. The molecular weight excluding hydrogens is 418 g/mol. The predicted octanol–water partition coefficient (Wildman–Crippen LogP) is 1.74. The number of nitriles is 1. The molecule has 0 saturated carbocycles. The third-order valence-electron chi connectivity index (χ3n) is 7.89. The highest BCUT2D eigenvalue weighted by molar-refractivity contribution is 7.89. The molecule has 4 aliphatic heterocycles. The molecule has 4 saturated heterocycles. The molecular formula is C22H27N3O5S. The number of nitrogens with one attached hydrogen (secondary N) is 1. The Bertz CT molecular complexity index is 1130. The summed E-state index contributed by atoms with van der Waals surface area (Å²) in [6.07, 6.45) is 0.488. The van der Waals surface area contributed by atoms with Crippen LogP contribution < -0.4 is 9.62 Å². The number of benzene rings is 1. The molecule has 4 fully saturated rings. The average Bonchev–Trinajstić information content (AvgIpc) is 3.28. The van der Waals surface area contributed by atoms with Crippen LogP contribution in [0.3, 0.4) is 0 Å². The molecule has 5 rings (SSSR count). The lowest BCUT2D eigenvalue weighted by Crippen LogP contribution is -2.61. The van der Waals surface area contributed by atoms with Gasteiger partial charge in [0.05, 0.1) is 47.2 Å². The summed E-state index contributed by atoms with van der Waals surface area (Å²) < 4.78 is 40.3. The number of anilines is 1. The van der Waals surface area contributed by atoms with E-state index in [1.54, 1.807) is 17.9 Å². The topological polar surface area (TPSA) is 109 Å². The summed E-state index contributed by atoms with van der Waals surface area (Å²) in [5.41, 5.74) is 1.53. The molecule has 1 N–H and O–H groups in total. The summed E-state index contributed by atoms with van der Waals surface area (Å²) in [4.78, 5) is 15.5. The second-order valence-corrected chi connectivity index (χ2v) is 11.4. The van der Waals surface area contributed by atoms with Gasteiger partial charge in [0.1, 0.15) is 6.23 Å². The van der Waals surface area contributed by atoms with E-state index in [0.29, 0.717) is 25.0 Å². The van der Waals surface area contributed by atoms with Crippen LogP contribution in [-0.2, 0) is 24.3 Å². The highest BCUT2D eigenvalue weighted by atomic mass is 32.2. The Morgan fingerprint density at radius 3 is 2.74 bits per heavy atom. The first-order valence-corrected chi connectivity index (χ1v) is 12.4. The quantitative estimate of drug-likeness (QED) is 0.756. The maximum absolute atomic E-state index is 13.8. The molecule has 1 aromatic rings. The van der Waals surface area contributed by atoms with Crippen molar-refractivity contribution in [2.75, 3.05) is 17.3 Å². The van der Waals surface area contributed by atoms with Crippen molar-refractivity contribution < 1.29 is 22.7 Å². The number of rotatable bonds is 4. The van der Waals surface area contributed by atoms with Gasteiger partial charge >= 0.3 is 0 Å². The van der Waals surface area contributed by atoms with Crippen molar-refractivity contribution in [3.63, 3.8) is 0 Å². The van der Waals surface area contributed by atoms with Gasteiger partial charge in [0.25, 0.3) is 0 Å². The first kappa shape index (κ1) is 20.9. The maximum Gasteiger partial charge on any atom is 0.235 e. The largest absolute Gasteiger partial charge is 0.366 e. The van der Waals surface area contributed by atoms with Crippen LogP contribution in [0.2, 0.25) is 0 Å². The van der Waals surface area contributed by atoms with Crippen LogP contribution in [0.1, 0.15) is 43.4 Å². The van der Waals surface area contributed by atoms with E-state index in [2.05, 4.69) is 10.8 Å².